The van der Waals surface area contributed by atoms with Crippen LogP contribution in [0.25, 0.3) is 0 Å². The molecule has 2 aromatic carbocycles. The topological polar surface area (TPSA) is 44.5 Å². The third-order valence-electron chi connectivity index (χ3n) is 2.79. The molecule has 0 amide bonds. The summed E-state index contributed by atoms with van der Waals surface area (Å²) in [4.78, 5) is 0. The lowest BCUT2D eigenvalue weighted by Crippen LogP contribution is -2.00. The van der Waals surface area contributed by atoms with Crippen LogP contribution in [0.4, 0.5) is 5.69 Å². The predicted octanol–water partition coefficient (Wildman–Crippen LogP) is 3.16. The van der Waals surface area contributed by atoms with Crippen molar-refractivity contribution in [2.24, 2.45) is 0 Å². The minimum absolute atomic E-state index is 0.467. The molecule has 2 aromatic rings. The Morgan fingerprint density at radius 2 is 1.83 bits per heavy atom. The summed E-state index contributed by atoms with van der Waals surface area (Å²) in [5.74, 6) is 1.64. The van der Waals surface area contributed by atoms with Gasteiger partial charge in [0.1, 0.15) is 18.1 Å². The van der Waals surface area contributed by atoms with E-state index >= 15 is 0 Å². The zero-order valence-corrected chi connectivity index (χ0v) is 10.6. The Balaban J connectivity index is 2.13. The molecule has 0 atom stereocenters. The molecule has 2 rings (SSSR count). The van der Waals surface area contributed by atoms with E-state index in [9.17, 15) is 0 Å². The summed E-state index contributed by atoms with van der Waals surface area (Å²) in [6, 6.07) is 13.5. The SMILES string of the molecule is COc1cc(N)ccc1COc1ccccc1C. The molecule has 0 radical (unpaired) electrons. The van der Waals surface area contributed by atoms with E-state index in [1.807, 2.05) is 43.3 Å². The molecule has 0 aliphatic heterocycles. The molecule has 0 aromatic heterocycles. The summed E-state index contributed by atoms with van der Waals surface area (Å²) in [7, 11) is 1.63. The molecule has 0 saturated heterocycles. The van der Waals surface area contributed by atoms with Crippen LogP contribution >= 0.6 is 0 Å². The van der Waals surface area contributed by atoms with Crippen molar-refractivity contribution in [2.75, 3.05) is 12.8 Å². The first-order chi connectivity index (χ1) is 8.70. The minimum Gasteiger partial charge on any atom is -0.496 e. The van der Waals surface area contributed by atoms with Crippen LogP contribution in [0.2, 0.25) is 0 Å². The zero-order valence-electron chi connectivity index (χ0n) is 10.6. The fourth-order valence-corrected chi connectivity index (χ4v) is 1.75. The Bertz CT molecular complexity index is 538. The van der Waals surface area contributed by atoms with E-state index in [1.54, 1.807) is 13.2 Å². The Hall–Kier alpha value is -2.16. The predicted molar refractivity (Wildman–Crippen MR) is 72.9 cm³/mol. The molecule has 18 heavy (non-hydrogen) atoms. The van der Waals surface area contributed by atoms with E-state index < -0.39 is 0 Å². The molecule has 0 unspecified atom stereocenters. The van der Waals surface area contributed by atoms with E-state index in [0.717, 1.165) is 22.6 Å². The number of anilines is 1. The Labute approximate surface area is 107 Å². The molecule has 2 N–H and O–H groups in total. The first-order valence-electron chi connectivity index (χ1n) is 5.81. The van der Waals surface area contributed by atoms with Gasteiger partial charge in [0.2, 0.25) is 0 Å². The number of nitrogen functional groups attached to an aromatic ring is 1. The van der Waals surface area contributed by atoms with E-state index in [1.165, 1.54) is 0 Å². The largest absolute Gasteiger partial charge is 0.496 e. The van der Waals surface area contributed by atoms with Gasteiger partial charge >= 0.3 is 0 Å². The van der Waals surface area contributed by atoms with Crippen molar-refractivity contribution in [3.8, 4) is 11.5 Å². The van der Waals surface area contributed by atoms with Gasteiger partial charge in [-0.1, -0.05) is 18.2 Å². The molecule has 0 fully saturated rings. The molecule has 0 aliphatic carbocycles. The van der Waals surface area contributed by atoms with Gasteiger partial charge in [-0.15, -0.1) is 0 Å². The summed E-state index contributed by atoms with van der Waals surface area (Å²) in [5, 5.41) is 0. The Morgan fingerprint density at radius 3 is 2.56 bits per heavy atom. The van der Waals surface area contributed by atoms with Gasteiger partial charge in [-0.05, 0) is 30.7 Å². The monoisotopic (exact) mass is 243 g/mol. The van der Waals surface area contributed by atoms with Gasteiger partial charge in [-0.3, -0.25) is 0 Å². The van der Waals surface area contributed by atoms with Crippen LogP contribution in [0.3, 0.4) is 0 Å². The van der Waals surface area contributed by atoms with Gasteiger partial charge < -0.3 is 15.2 Å². The summed E-state index contributed by atoms with van der Waals surface area (Å²) in [6.07, 6.45) is 0. The van der Waals surface area contributed by atoms with Gasteiger partial charge in [0.05, 0.1) is 7.11 Å². The van der Waals surface area contributed by atoms with Crippen LogP contribution in [0.1, 0.15) is 11.1 Å². The number of nitrogens with two attached hydrogens (primary N) is 1. The molecule has 0 spiro atoms. The highest BCUT2D eigenvalue weighted by atomic mass is 16.5. The Morgan fingerprint density at radius 1 is 1.06 bits per heavy atom. The van der Waals surface area contributed by atoms with Gasteiger partial charge in [0, 0.05) is 17.3 Å². The van der Waals surface area contributed by atoms with Crippen LogP contribution in [-0.2, 0) is 6.61 Å². The van der Waals surface area contributed by atoms with Gasteiger partial charge in [0.25, 0.3) is 0 Å². The molecule has 3 nitrogen and oxygen atoms in total. The molecule has 0 saturated carbocycles. The van der Waals surface area contributed by atoms with Crippen molar-refractivity contribution in [1.82, 2.24) is 0 Å². The lowest BCUT2D eigenvalue weighted by Gasteiger charge is -2.12. The number of hydrogen-bond donors (Lipinski definition) is 1. The van der Waals surface area contributed by atoms with Crippen molar-refractivity contribution >= 4 is 5.69 Å². The van der Waals surface area contributed by atoms with Crippen molar-refractivity contribution in [1.29, 1.82) is 0 Å². The fraction of sp³-hybridized carbons (Fsp3) is 0.200. The van der Waals surface area contributed by atoms with Crippen LogP contribution < -0.4 is 15.2 Å². The second-order valence-corrected chi connectivity index (χ2v) is 4.13. The summed E-state index contributed by atoms with van der Waals surface area (Å²) >= 11 is 0. The lowest BCUT2D eigenvalue weighted by atomic mass is 10.2. The van der Waals surface area contributed by atoms with Crippen molar-refractivity contribution in [3.05, 3.63) is 53.6 Å². The van der Waals surface area contributed by atoms with E-state index in [4.69, 9.17) is 15.2 Å². The molecule has 0 aliphatic rings. The number of methoxy groups -OCH3 is 1. The third-order valence-corrected chi connectivity index (χ3v) is 2.79. The maximum atomic E-state index is 5.78. The number of aryl methyl sites for hydroxylation is 1. The quantitative estimate of drug-likeness (QED) is 0.839. The van der Waals surface area contributed by atoms with E-state index in [2.05, 4.69) is 0 Å². The second kappa shape index (κ2) is 5.45. The number of rotatable bonds is 4. The summed E-state index contributed by atoms with van der Waals surface area (Å²) in [6.45, 7) is 2.49. The highest BCUT2D eigenvalue weighted by molar-refractivity contribution is 5.48. The van der Waals surface area contributed by atoms with Crippen LogP contribution in [0.5, 0.6) is 11.5 Å². The number of hydrogen-bond acceptors (Lipinski definition) is 3. The molecular weight excluding hydrogens is 226 g/mol. The summed E-state index contributed by atoms with van der Waals surface area (Å²) in [5.41, 5.74) is 8.50. The first kappa shape index (κ1) is 12.3. The average Bonchev–Trinajstić information content (AvgIpc) is 2.39. The molecule has 94 valence electrons. The van der Waals surface area contributed by atoms with Crippen molar-refractivity contribution < 1.29 is 9.47 Å². The normalized spacial score (nSPS) is 10.1. The molecule has 0 heterocycles. The number of benzene rings is 2. The first-order valence-corrected chi connectivity index (χ1v) is 5.81. The minimum atomic E-state index is 0.467. The second-order valence-electron chi connectivity index (χ2n) is 4.13. The lowest BCUT2D eigenvalue weighted by molar-refractivity contribution is 0.295. The molecule has 3 heteroatoms. The van der Waals surface area contributed by atoms with Gasteiger partial charge in [0.15, 0.2) is 0 Å². The van der Waals surface area contributed by atoms with Crippen LogP contribution in [0.15, 0.2) is 42.5 Å². The zero-order chi connectivity index (χ0) is 13.0. The highest BCUT2D eigenvalue weighted by Gasteiger charge is 2.05. The van der Waals surface area contributed by atoms with E-state index in [-0.39, 0.29) is 0 Å². The number of para-hydroxylation sites is 1. The van der Waals surface area contributed by atoms with Gasteiger partial charge in [-0.25, -0.2) is 0 Å². The smallest absolute Gasteiger partial charge is 0.127 e. The molecule has 0 bridgehead atoms. The van der Waals surface area contributed by atoms with Crippen LogP contribution in [0, 0.1) is 6.92 Å². The average molecular weight is 243 g/mol. The third kappa shape index (κ3) is 2.74. The maximum Gasteiger partial charge on any atom is 0.127 e. The Kier molecular flexibility index (Phi) is 3.72. The standard InChI is InChI=1S/C15H17NO2/c1-11-5-3-4-6-14(11)18-10-12-7-8-13(16)9-15(12)17-2/h3-9H,10,16H2,1-2H3. The molecular formula is C15H17NO2. The van der Waals surface area contributed by atoms with Crippen LogP contribution in [-0.4, -0.2) is 7.11 Å². The highest BCUT2D eigenvalue weighted by Crippen LogP contribution is 2.24. The van der Waals surface area contributed by atoms with Gasteiger partial charge in [-0.2, -0.15) is 0 Å². The fourth-order valence-electron chi connectivity index (χ4n) is 1.75. The summed E-state index contributed by atoms with van der Waals surface area (Å²) < 4.78 is 11.1. The van der Waals surface area contributed by atoms with Crippen molar-refractivity contribution in [2.45, 2.75) is 13.5 Å². The number of ether oxygens (including phenoxy) is 2. The maximum absolute atomic E-state index is 5.78. The van der Waals surface area contributed by atoms with E-state index in [0.29, 0.717) is 12.3 Å². The van der Waals surface area contributed by atoms with Crippen molar-refractivity contribution in [3.63, 3.8) is 0 Å².